The third kappa shape index (κ3) is 3.77. The molecule has 0 N–H and O–H groups in total. The van der Waals surface area contributed by atoms with E-state index in [1.54, 1.807) is 18.0 Å². The molecular weight excluding hydrogens is 298 g/mol. The summed E-state index contributed by atoms with van der Waals surface area (Å²) in [7, 11) is 3.67. The van der Waals surface area contributed by atoms with Crippen molar-refractivity contribution in [3.63, 3.8) is 0 Å². The van der Waals surface area contributed by atoms with Crippen LogP contribution in [0.1, 0.15) is 22.5 Å². The number of likely N-dealkylation sites (N-methyl/N-ethyl adjacent to an activating group) is 1. The fraction of sp³-hybridized carbons (Fsp3) is 0.294. The molecule has 1 amide bonds. The second-order valence-electron chi connectivity index (χ2n) is 5.37. The molecule has 0 aliphatic carbocycles. The van der Waals surface area contributed by atoms with E-state index in [1.807, 2.05) is 55.9 Å². The van der Waals surface area contributed by atoms with E-state index in [4.69, 9.17) is 11.6 Å². The van der Waals surface area contributed by atoms with Crippen LogP contribution in [0.5, 0.6) is 0 Å². The number of halogens is 1. The number of rotatable bonds is 4. The lowest BCUT2D eigenvalue weighted by Crippen LogP contribution is -2.24. The van der Waals surface area contributed by atoms with Gasteiger partial charge < -0.3 is 4.90 Å². The number of aryl methyl sites for hydroxylation is 2. The minimum atomic E-state index is -0.0531. The summed E-state index contributed by atoms with van der Waals surface area (Å²) in [6, 6.07) is 7.52. The zero-order chi connectivity index (χ0) is 16.3. The molecule has 0 saturated carbocycles. The number of carbonyl (C=O) groups is 1. The molecule has 0 bridgehead atoms. The van der Waals surface area contributed by atoms with Crippen molar-refractivity contribution < 1.29 is 4.79 Å². The maximum Gasteiger partial charge on any atom is 0.246 e. The fourth-order valence-electron chi connectivity index (χ4n) is 2.30. The van der Waals surface area contributed by atoms with Gasteiger partial charge in [-0.2, -0.15) is 5.10 Å². The lowest BCUT2D eigenvalue weighted by molar-refractivity contribution is -0.125. The Kier molecular flexibility index (Phi) is 5.03. The minimum absolute atomic E-state index is 0.0531. The average Bonchev–Trinajstić information content (AvgIpc) is 2.70. The van der Waals surface area contributed by atoms with Gasteiger partial charge in [-0.05, 0) is 37.6 Å². The van der Waals surface area contributed by atoms with Crippen LogP contribution in [-0.4, -0.2) is 27.6 Å². The Morgan fingerprint density at radius 1 is 1.41 bits per heavy atom. The van der Waals surface area contributed by atoms with E-state index in [0.717, 1.165) is 22.5 Å². The highest BCUT2D eigenvalue weighted by Gasteiger charge is 2.09. The van der Waals surface area contributed by atoms with E-state index in [9.17, 15) is 4.79 Å². The van der Waals surface area contributed by atoms with Gasteiger partial charge in [0.2, 0.25) is 5.91 Å². The van der Waals surface area contributed by atoms with Crippen molar-refractivity contribution in [2.45, 2.75) is 20.4 Å². The zero-order valence-corrected chi connectivity index (χ0v) is 14.1. The van der Waals surface area contributed by atoms with Crippen molar-refractivity contribution in [1.29, 1.82) is 0 Å². The molecule has 2 aromatic rings. The number of benzene rings is 1. The number of amides is 1. The number of hydrogen-bond donors (Lipinski definition) is 0. The van der Waals surface area contributed by atoms with E-state index >= 15 is 0 Å². The van der Waals surface area contributed by atoms with Crippen LogP contribution in [0, 0.1) is 13.8 Å². The van der Waals surface area contributed by atoms with Gasteiger partial charge >= 0.3 is 0 Å². The number of aromatic nitrogens is 2. The quantitative estimate of drug-likeness (QED) is 0.811. The average molecular weight is 318 g/mol. The lowest BCUT2D eigenvalue weighted by atomic mass is 10.1. The molecule has 0 unspecified atom stereocenters. The maximum atomic E-state index is 12.2. The van der Waals surface area contributed by atoms with Gasteiger partial charge in [0.15, 0.2) is 0 Å². The van der Waals surface area contributed by atoms with Crippen molar-refractivity contribution in [3.8, 4) is 0 Å². The summed E-state index contributed by atoms with van der Waals surface area (Å²) < 4.78 is 1.81. The van der Waals surface area contributed by atoms with Gasteiger partial charge in [-0.25, -0.2) is 0 Å². The van der Waals surface area contributed by atoms with Crippen LogP contribution in [0.2, 0.25) is 5.02 Å². The molecule has 1 aromatic heterocycles. The SMILES string of the molecule is Cc1nn(C)c(C)c1/C=C/C(=O)N(C)Cc1cccc(Cl)c1. The molecule has 2 rings (SSSR count). The highest BCUT2D eigenvalue weighted by molar-refractivity contribution is 6.30. The first-order chi connectivity index (χ1) is 10.4. The molecule has 116 valence electrons. The van der Waals surface area contributed by atoms with E-state index in [-0.39, 0.29) is 5.91 Å². The van der Waals surface area contributed by atoms with Crippen LogP contribution in [0.3, 0.4) is 0 Å². The van der Waals surface area contributed by atoms with E-state index in [2.05, 4.69) is 5.10 Å². The summed E-state index contributed by atoms with van der Waals surface area (Å²) in [5.74, 6) is -0.0531. The van der Waals surface area contributed by atoms with Gasteiger partial charge in [0.05, 0.1) is 5.69 Å². The Morgan fingerprint density at radius 2 is 2.14 bits per heavy atom. The fourth-order valence-corrected chi connectivity index (χ4v) is 2.51. The van der Waals surface area contributed by atoms with Gasteiger partial charge in [-0.1, -0.05) is 23.7 Å². The van der Waals surface area contributed by atoms with Crippen LogP contribution in [0.15, 0.2) is 30.3 Å². The van der Waals surface area contributed by atoms with Crippen molar-refractivity contribution in [2.24, 2.45) is 7.05 Å². The molecule has 4 nitrogen and oxygen atoms in total. The van der Waals surface area contributed by atoms with Gasteiger partial charge in [-0.3, -0.25) is 9.48 Å². The highest BCUT2D eigenvalue weighted by atomic mass is 35.5. The second-order valence-corrected chi connectivity index (χ2v) is 5.80. The Morgan fingerprint density at radius 3 is 2.73 bits per heavy atom. The molecule has 0 aliphatic rings. The van der Waals surface area contributed by atoms with Crippen molar-refractivity contribution >= 4 is 23.6 Å². The van der Waals surface area contributed by atoms with Gasteiger partial charge in [-0.15, -0.1) is 0 Å². The van der Waals surface area contributed by atoms with E-state index < -0.39 is 0 Å². The third-order valence-corrected chi connectivity index (χ3v) is 3.88. The van der Waals surface area contributed by atoms with Crippen LogP contribution in [0.4, 0.5) is 0 Å². The normalized spacial score (nSPS) is 11.1. The first-order valence-corrected chi connectivity index (χ1v) is 7.44. The second kappa shape index (κ2) is 6.79. The van der Waals surface area contributed by atoms with Crippen LogP contribution < -0.4 is 0 Å². The van der Waals surface area contributed by atoms with Crippen LogP contribution in [-0.2, 0) is 18.4 Å². The van der Waals surface area contributed by atoms with Crippen molar-refractivity contribution in [2.75, 3.05) is 7.05 Å². The highest BCUT2D eigenvalue weighted by Crippen LogP contribution is 2.15. The molecule has 5 heteroatoms. The standard InChI is InChI=1S/C17H20ClN3O/c1-12-16(13(2)21(4)19-12)8-9-17(22)20(3)11-14-6-5-7-15(18)10-14/h5-10H,11H2,1-4H3/b9-8+. The third-order valence-electron chi connectivity index (χ3n) is 3.64. The minimum Gasteiger partial charge on any atom is -0.338 e. The lowest BCUT2D eigenvalue weighted by Gasteiger charge is -2.15. The summed E-state index contributed by atoms with van der Waals surface area (Å²) in [6.07, 6.45) is 3.41. The Balaban J connectivity index is 2.06. The van der Waals surface area contributed by atoms with E-state index in [0.29, 0.717) is 11.6 Å². The van der Waals surface area contributed by atoms with Crippen molar-refractivity contribution in [3.05, 3.63) is 57.9 Å². The number of nitrogens with zero attached hydrogens (tertiary/aromatic N) is 3. The Labute approximate surface area is 136 Å². The largest absolute Gasteiger partial charge is 0.338 e. The van der Waals surface area contributed by atoms with Gasteiger partial charge in [0, 0.05) is 43.0 Å². The maximum absolute atomic E-state index is 12.2. The molecular formula is C17H20ClN3O. The Hall–Kier alpha value is -2.07. The molecule has 0 radical (unpaired) electrons. The molecule has 0 spiro atoms. The molecule has 0 fully saturated rings. The molecule has 0 saturated heterocycles. The monoisotopic (exact) mass is 317 g/mol. The summed E-state index contributed by atoms with van der Waals surface area (Å²) in [4.78, 5) is 13.9. The number of hydrogen-bond acceptors (Lipinski definition) is 2. The summed E-state index contributed by atoms with van der Waals surface area (Å²) >= 11 is 5.96. The van der Waals surface area contributed by atoms with Crippen molar-refractivity contribution in [1.82, 2.24) is 14.7 Å². The summed E-state index contributed by atoms with van der Waals surface area (Å²) in [5.41, 5.74) is 3.96. The predicted molar refractivity (Wildman–Crippen MR) is 89.6 cm³/mol. The predicted octanol–water partition coefficient (Wildman–Crippen LogP) is 3.36. The van der Waals surface area contributed by atoms with Crippen LogP contribution in [0.25, 0.3) is 6.08 Å². The molecule has 0 atom stereocenters. The zero-order valence-electron chi connectivity index (χ0n) is 13.3. The topological polar surface area (TPSA) is 38.1 Å². The molecule has 1 aromatic carbocycles. The summed E-state index contributed by atoms with van der Waals surface area (Å²) in [5, 5.41) is 5.01. The van der Waals surface area contributed by atoms with Gasteiger partial charge in [0.1, 0.15) is 0 Å². The summed E-state index contributed by atoms with van der Waals surface area (Å²) in [6.45, 7) is 4.45. The number of carbonyl (C=O) groups excluding carboxylic acids is 1. The molecule has 0 aliphatic heterocycles. The smallest absolute Gasteiger partial charge is 0.246 e. The van der Waals surface area contributed by atoms with Gasteiger partial charge in [0.25, 0.3) is 0 Å². The molecule has 22 heavy (non-hydrogen) atoms. The van der Waals surface area contributed by atoms with E-state index in [1.165, 1.54) is 0 Å². The molecule has 1 heterocycles. The van der Waals surface area contributed by atoms with Crippen LogP contribution >= 0.6 is 11.6 Å². The first kappa shape index (κ1) is 16.3. The first-order valence-electron chi connectivity index (χ1n) is 7.06. The Bertz CT molecular complexity index is 719.